The molecule has 11 heteroatoms. The average molecular weight is 807 g/mol. The maximum atomic E-state index is 12.6. The first-order valence-electron chi connectivity index (χ1n) is 23.0. The number of unbranched alkanes of at least 4 members (excludes halogenated alkanes) is 30. The van der Waals surface area contributed by atoms with Crippen LogP contribution in [0.15, 0.2) is 0 Å². The number of carbonyl (C=O) groups is 2. The molecule has 0 saturated heterocycles. The molecule has 3 atom stereocenters. The minimum Gasteiger partial charge on any atom is -0.462 e. The van der Waals surface area contributed by atoms with Gasteiger partial charge in [-0.15, -0.1) is 0 Å². The quantitative estimate of drug-likeness (QED) is 0.0308. The maximum absolute atomic E-state index is 12.6. The standard InChI is InChI=1S/C44H87O10P/c1-3-5-7-9-11-13-15-16-17-18-19-20-21-22-23-24-25-26-28-30-32-34-36-44(48)54-42(40-53-55(49,50)52-38-41(46)37-45)39-51-43(47)35-33-31-29-27-14-12-10-8-6-4-2/h41-42,45-46H,3-40H2,1-2H3,(H,49,50). The molecule has 0 aliphatic heterocycles. The van der Waals surface area contributed by atoms with Crippen LogP contribution >= 0.6 is 7.82 Å². The molecule has 10 nitrogen and oxygen atoms in total. The summed E-state index contributed by atoms with van der Waals surface area (Å²) in [4.78, 5) is 34.9. The number of aliphatic hydroxyl groups is 2. The van der Waals surface area contributed by atoms with E-state index in [1.165, 1.54) is 154 Å². The van der Waals surface area contributed by atoms with E-state index in [1.807, 2.05) is 0 Å². The van der Waals surface area contributed by atoms with Crippen molar-refractivity contribution in [1.82, 2.24) is 0 Å². The fourth-order valence-corrected chi connectivity index (χ4v) is 7.49. The van der Waals surface area contributed by atoms with Gasteiger partial charge in [0.1, 0.15) is 12.7 Å². The van der Waals surface area contributed by atoms with Gasteiger partial charge in [-0.1, -0.05) is 206 Å². The van der Waals surface area contributed by atoms with E-state index >= 15 is 0 Å². The molecular weight excluding hydrogens is 719 g/mol. The predicted octanol–water partition coefficient (Wildman–Crippen LogP) is 12.2. The zero-order valence-corrected chi connectivity index (χ0v) is 36.6. The van der Waals surface area contributed by atoms with Crippen molar-refractivity contribution in [2.24, 2.45) is 0 Å². The molecule has 0 radical (unpaired) electrons. The zero-order chi connectivity index (χ0) is 40.5. The van der Waals surface area contributed by atoms with Crippen LogP contribution in [0.3, 0.4) is 0 Å². The number of rotatable bonds is 44. The van der Waals surface area contributed by atoms with Gasteiger partial charge in [-0.25, -0.2) is 4.57 Å². The van der Waals surface area contributed by atoms with Crippen molar-refractivity contribution in [3.05, 3.63) is 0 Å². The van der Waals surface area contributed by atoms with Crippen LogP contribution in [0.25, 0.3) is 0 Å². The number of aliphatic hydroxyl groups excluding tert-OH is 2. The molecule has 328 valence electrons. The summed E-state index contributed by atoms with van der Waals surface area (Å²) in [5.74, 6) is -0.911. The lowest BCUT2D eigenvalue weighted by Crippen LogP contribution is -2.29. The molecule has 0 aromatic rings. The van der Waals surface area contributed by atoms with E-state index in [0.29, 0.717) is 12.8 Å². The van der Waals surface area contributed by atoms with Crippen molar-refractivity contribution in [2.75, 3.05) is 26.4 Å². The zero-order valence-electron chi connectivity index (χ0n) is 35.7. The van der Waals surface area contributed by atoms with E-state index in [1.54, 1.807) is 0 Å². The number of ether oxygens (including phenoxy) is 2. The Hall–Kier alpha value is -1.03. The van der Waals surface area contributed by atoms with Crippen LogP contribution in [0, 0.1) is 0 Å². The Morgan fingerprint density at radius 3 is 1.13 bits per heavy atom. The van der Waals surface area contributed by atoms with E-state index in [4.69, 9.17) is 23.6 Å². The van der Waals surface area contributed by atoms with E-state index in [0.717, 1.165) is 38.5 Å². The summed E-state index contributed by atoms with van der Waals surface area (Å²) in [6.07, 6.45) is 38.0. The Balaban J connectivity index is 4.11. The van der Waals surface area contributed by atoms with Crippen LogP contribution in [0.2, 0.25) is 0 Å². The first-order chi connectivity index (χ1) is 26.7. The Bertz CT molecular complexity index is 889. The molecule has 0 spiro atoms. The molecule has 55 heavy (non-hydrogen) atoms. The van der Waals surface area contributed by atoms with E-state index < -0.39 is 51.8 Å². The van der Waals surface area contributed by atoms with Crippen LogP contribution in [-0.4, -0.2) is 65.7 Å². The number of phosphoric acid groups is 1. The van der Waals surface area contributed by atoms with Gasteiger partial charge in [0, 0.05) is 12.8 Å². The minimum absolute atomic E-state index is 0.193. The van der Waals surface area contributed by atoms with Gasteiger partial charge >= 0.3 is 19.8 Å². The van der Waals surface area contributed by atoms with Crippen LogP contribution in [0.5, 0.6) is 0 Å². The van der Waals surface area contributed by atoms with Crippen molar-refractivity contribution in [1.29, 1.82) is 0 Å². The second-order valence-corrected chi connectivity index (χ2v) is 17.3. The third kappa shape index (κ3) is 40.9. The SMILES string of the molecule is CCCCCCCCCCCCCCCCCCCCCCCCC(=O)OC(COC(=O)CCCCCCCCCCCC)COP(=O)(O)OCC(O)CO. The van der Waals surface area contributed by atoms with Crippen molar-refractivity contribution in [3.63, 3.8) is 0 Å². The topological polar surface area (TPSA) is 149 Å². The maximum Gasteiger partial charge on any atom is 0.472 e. The third-order valence-electron chi connectivity index (χ3n) is 10.3. The van der Waals surface area contributed by atoms with Crippen molar-refractivity contribution in [3.8, 4) is 0 Å². The summed E-state index contributed by atoms with van der Waals surface area (Å²) in [6.45, 7) is 2.41. The molecule has 0 rings (SSSR count). The normalized spacial score (nSPS) is 13.8. The lowest BCUT2D eigenvalue weighted by atomic mass is 10.0. The summed E-state index contributed by atoms with van der Waals surface area (Å²) < 4.78 is 32.7. The first kappa shape index (κ1) is 54.0. The van der Waals surface area contributed by atoms with Crippen molar-refractivity contribution >= 4 is 19.8 Å². The Morgan fingerprint density at radius 1 is 0.473 bits per heavy atom. The summed E-state index contributed by atoms with van der Waals surface area (Å²) in [7, 11) is -4.61. The smallest absolute Gasteiger partial charge is 0.462 e. The summed E-state index contributed by atoms with van der Waals surface area (Å²) in [6, 6.07) is 0. The number of hydrogen-bond donors (Lipinski definition) is 3. The second kappa shape index (κ2) is 41.1. The van der Waals surface area contributed by atoms with Gasteiger partial charge in [0.15, 0.2) is 6.10 Å². The monoisotopic (exact) mass is 807 g/mol. The van der Waals surface area contributed by atoms with Gasteiger partial charge in [0.05, 0.1) is 19.8 Å². The molecule has 0 bridgehead atoms. The highest BCUT2D eigenvalue weighted by atomic mass is 31.2. The molecular formula is C44H87O10P. The molecule has 0 fully saturated rings. The number of esters is 2. The number of hydrogen-bond acceptors (Lipinski definition) is 9. The molecule has 0 aliphatic rings. The third-order valence-corrected chi connectivity index (χ3v) is 11.2. The van der Waals surface area contributed by atoms with E-state index in [2.05, 4.69) is 13.8 Å². The fraction of sp³-hybridized carbons (Fsp3) is 0.955. The molecule has 0 aromatic heterocycles. The molecule has 0 amide bonds. The highest BCUT2D eigenvalue weighted by Crippen LogP contribution is 2.43. The van der Waals surface area contributed by atoms with Crippen LogP contribution in [-0.2, 0) is 32.7 Å². The number of phosphoric ester groups is 1. The lowest BCUT2D eigenvalue weighted by molar-refractivity contribution is -0.161. The van der Waals surface area contributed by atoms with Gasteiger partial charge in [-0.2, -0.15) is 0 Å². The van der Waals surface area contributed by atoms with Crippen molar-refractivity contribution in [2.45, 2.75) is 244 Å². The molecule has 0 aliphatic carbocycles. The molecule has 3 unspecified atom stereocenters. The molecule has 0 heterocycles. The van der Waals surface area contributed by atoms with Gasteiger partial charge in [-0.05, 0) is 12.8 Å². The molecule has 0 saturated carbocycles. The van der Waals surface area contributed by atoms with Crippen molar-refractivity contribution < 1.29 is 47.8 Å². The van der Waals surface area contributed by atoms with Gasteiger partial charge < -0.3 is 24.6 Å². The van der Waals surface area contributed by atoms with Crippen LogP contribution in [0.4, 0.5) is 0 Å². The van der Waals surface area contributed by atoms with Crippen LogP contribution < -0.4 is 0 Å². The Labute approximate surface area is 337 Å². The average Bonchev–Trinajstić information content (AvgIpc) is 3.17. The predicted molar refractivity (Wildman–Crippen MR) is 224 cm³/mol. The summed E-state index contributed by atoms with van der Waals surface area (Å²) in [5, 5.41) is 18.3. The highest BCUT2D eigenvalue weighted by Gasteiger charge is 2.27. The highest BCUT2D eigenvalue weighted by molar-refractivity contribution is 7.47. The van der Waals surface area contributed by atoms with Gasteiger partial charge in [0.2, 0.25) is 0 Å². The first-order valence-corrected chi connectivity index (χ1v) is 24.5. The van der Waals surface area contributed by atoms with Gasteiger partial charge in [0.25, 0.3) is 0 Å². The minimum atomic E-state index is -4.61. The Kier molecular flexibility index (Phi) is 40.4. The lowest BCUT2D eigenvalue weighted by Gasteiger charge is -2.20. The molecule has 3 N–H and O–H groups in total. The summed E-state index contributed by atoms with van der Waals surface area (Å²) >= 11 is 0. The Morgan fingerprint density at radius 2 is 0.782 bits per heavy atom. The van der Waals surface area contributed by atoms with Gasteiger partial charge in [-0.3, -0.25) is 18.6 Å². The van der Waals surface area contributed by atoms with Crippen LogP contribution in [0.1, 0.15) is 232 Å². The largest absolute Gasteiger partial charge is 0.472 e. The van der Waals surface area contributed by atoms with E-state index in [9.17, 15) is 24.2 Å². The summed E-state index contributed by atoms with van der Waals surface area (Å²) in [5.41, 5.74) is 0. The second-order valence-electron chi connectivity index (χ2n) is 15.8. The fourth-order valence-electron chi connectivity index (χ4n) is 6.70. The van der Waals surface area contributed by atoms with E-state index in [-0.39, 0.29) is 19.4 Å². The number of carbonyl (C=O) groups excluding carboxylic acids is 2. The molecule has 0 aromatic carbocycles.